The van der Waals surface area contributed by atoms with Gasteiger partial charge in [-0.15, -0.1) is 0 Å². The van der Waals surface area contributed by atoms with Gasteiger partial charge in [0.1, 0.15) is 5.75 Å². The number of halogens is 2. The van der Waals surface area contributed by atoms with E-state index in [4.69, 9.17) is 5.73 Å². The van der Waals surface area contributed by atoms with Crippen LogP contribution in [0.15, 0.2) is 6.07 Å². The van der Waals surface area contributed by atoms with Crippen molar-refractivity contribution in [1.82, 2.24) is 9.80 Å². The molecule has 2 unspecified atom stereocenters. The molecule has 0 aromatic heterocycles. The first-order valence-corrected chi connectivity index (χ1v) is 13.5. The number of primary amides is 1. The second-order valence-corrected chi connectivity index (χ2v) is 12.3. The van der Waals surface area contributed by atoms with Crippen molar-refractivity contribution in [2.45, 2.75) is 43.4 Å². The molecule has 1 saturated heterocycles. The lowest BCUT2D eigenvalue weighted by molar-refractivity contribution is -0.181. The Morgan fingerprint density at radius 2 is 1.80 bits per heavy atom. The third kappa shape index (κ3) is 4.28. The molecule has 0 spiro atoms. The summed E-state index contributed by atoms with van der Waals surface area (Å²) < 4.78 is 27.8. The molecule has 1 aromatic rings. The van der Waals surface area contributed by atoms with Crippen LogP contribution in [0.3, 0.4) is 0 Å². The number of nitrogens with zero attached hydrogens (tertiary/aromatic N) is 3. The molecule has 1 aromatic carbocycles. The van der Waals surface area contributed by atoms with Gasteiger partial charge in [0.15, 0.2) is 34.7 Å². The zero-order chi connectivity index (χ0) is 30.3. The second-order valence-electron chi connectivity index (χ2n) is 12.3. The molecule has 1 aliphatic heterocycles. The molecule has 2 saturated carbocycles. The Balaban J connectivity index is 1.60. The normalized spacial score (nSPS) is 33.0. The van der Waals surface area contributed by atoms with Crippen LogP contribution in [0.4, 0.5) is 14.5 Å². The van der Waals surface area contributed by atoms with Crippen LogP contribution in [0.5, 0.6) is 5.75 Å². The number of rotatable bonds is 5. The summed E-state index contributed by atoms with van der Waals surface area (Å²) in [6.45, 7) is -0.166. The maximum atomic E-state index is 13.9. The third-order valence-electron chi connectivity index (χ3n) is 9.20. The van der Waals surface area contributed by atoms with Crippen molar-refractivity contribution in [2.75, 3.05) is 46.2 Å². The number of Topliss-reactive ketones (excluding diaryl/α,β-unsaturated/α-hetero) is 4. The molecule has 1 amide bonds. The Hall–Kier alpha value is -3.29. The predicted molar refractivity (Wildman–Crippen MR) is 141 cm³/mol. The largest absolute Gasteiger partial charge is 0.507 e. The van der Waals surface area contributed by atoms with Crippen molar-refractivity contribution in [1.29, 1.82) is 0 Å². The smallest absolute Gasteiger partial charge is 0.261 e. The van der Waals surface area contributed by atoms with Gasteiger partial charge in [-0.05, 0) is 50.0 Å². The maximum Gasteiger partial charge on any atom is 0.261 e. The molecule has 13 heteroatoms. The molecule has 41 heavy (non-hydrogen) atoms. The number of carbonyl (C=O) groups excluding carboxylic acids is 5. The van der Waals surface area contributed by atoms with Crippen molar-refractivity contribution in [3.8, 4) is 5.75 Å². The van der Waals surface area contributed by atoms with E-state index in [9.17, 15) is 43.0 Å². The number of hydrogen-bond acceptors (Lipinski definition) is 10. The van der Waals surface area contributed by atoms with Gasteiger partial charge in [-0.25, -0.2) is 8.78 Å². The van der Waals surface area contributed by atoms with Crippen LogP contribution >= 0.6 is 0 Å². The highest BCUT2D eigenvalue weighted by molar-refractivity contribution is 6.32. The van der Waals surface area contributed by atoms with Gasteiger partial charge in [0, 0.05) is 45.2 Å². The van der Waals surface area contributed by atoms with E-state index < -0.39 is 82.6 Å². The molecular weight excluding hydrogens is 542 g/mol. The molecule has 4 N–H and O–H groups in total. The van der Waals surface area contributed by atoms with Gasteiger partial charge in [0.25, 0.3) is 5.92 Å². The van der Waals surface area contributed by atoms with E-state index in [2.05, 4.69) is 0 Å². The average molecular weight is 577 g/mol. The lowest BCUT2D eigenvalue weighted by atomic mass is 9.52. The van der Waals surface area contributed by atoms with Gasteiger partial charge in [0.05, 0.1) is 24.1 Å². The van der Waals surface area contributed by atoms with E-state index in [0.717, 1.165) is 0 Å². The minimum Gasteiger partial charge on any atom is -0.507 e. The molecule has 3 fully saturated rings. The lowest BCUT2D eigenvalue weighted by Gasteiger charge is -2.52. The predicted octanol–water partition coefficient (Wildman–Crippen LogP) is -0.226. The van der Waals surface area contributed by atoms with Crippen LogP contribution in [0.2, 0.25) is 0 Å². The second kappa shape index (κ2) is 9.63. The lowest BCUT2D eigenvalue weighted by Crippen LogP contribution is -2.74. The van der Waals surface area contributed by atoms with Crippen LogP contribution < -0.4 is 10.6 Å². The van der Waals surface area contributed by atoms with E-state index in [1.165, 1.54) is 25.1 Å². The van der Waals surface area contributed by atoms with Crippen LogP contribution in [-0.4, -0.2) is 108 Å². The van der Waals surface area contributed by atoms with Crippen molar-refractivity contribution in [2.24, 2.45) is 29.4 Å². The first kappa shape index (κ1) is 29.2. The highest BCUT2D eigenvalue weighted by atomic mass is 19.3. The summed E-state index contributed by atoms with van der Waals surface area (Å²) in [4.78, 5) is 71.3. The first-order valence-electron chi connectivity index (χ1n) is 13.5. The molecule has 4 aliphatic rings. The maximum absolute atomic E-state index is 13.9. The Kier molecular flexibility index (Phi) is 6.86. The first-order chi connectivity index (χ1) is 19.0. The Morgan fingerprint density at radius 1 is 1.15 bits per heavy atom. The molecular formula is C28H34F2N4O7. The van der Waals surface area contributed by atoms with E-state index >= 15 is 0 Å². The van der Waals surface area contributed by atoms with Crippen LogP contribution in [0.1, 0.15) is 34.3 Å². The number of fused-ring (bicyclic) bond motifs is 3. The van der Waals surface area contributed by atoms with Crippen molar-refractivity contribution >= 4 is 34.7 Å². The van der Waals surface area contributed by atoms with Gasteiger partial charge in [0.2, 0.25) is 5.91 Å². The molecule has 3 aliphatic carbocycles. The van der Waals surface area contributed by atoms with Gasteiger partial charge in [-0.3, -0.25) is 33.8 Å². The number of aliphatic hydroxyl groups is 1. The summed E-state index contributed by atoms with van der Waals surface area (Å²) in [5.41, 5.74) is 3.94. The quantitative estimate of drug-likeness (QED) is 0.400. The number of benzene rings is 1. The number of phenolic OH excluding ortho intramolecular Hbond substituents is 1. The molecule has 222 valence electrons. The van der Waals surface area contributed by atoms with Crippen LogP contribution in [0, 0.1) is 23.7 Å². The SMILES string of the molecule is CN(C)c1c(CN2CCC(F)(F)C2)cc(O)c2c1C[C@H]1C[C@H]3[C@H](N(C)C)C(=O)C(C(N)=O)C(=O)[C@@]3(O)C(=O)C1C2=O. The Bertz CT molecular complexity index is 1380. The number of ketones is 4. The number of alkyl halides is 2. The fourth-order valence-electron chi connectivity index (χ4n) is 7.59. The standard InChI is InChI=1S/C28H34F2N4O7/c1-32(2)20-13(10-34-6-5-27(29,30)11-34)9-16(35)18-14(20)7-12-8-15-21(33(3)4)23(37)19(26(31)40)25(39)28(15,41)24(38)17(12)22(18)36/h9,12,15,17,19,21,35,41H,5-8,10-11H2,1-4H3,(H2,31,40)/t12-,15-,17?,19?,21-,28-/m0/s1. The van der Waals surface area contributed by atoms with E-state index in [1.54, 1.807) is 23.9 Å². The van der Waals surface area contributed by atoms with Crippen molar-refractivity contribution in [3.05, 3.63) is 22.8 Å². The summed E-state index contributed by atoms with van der Waals surface area (Å²) in [5.74, 6) is -14.1. The zero-order valence-corrected chi connectivity index (χ0v) is 23.3. The van der Waals surface area contributed by atoms with E-state index in [1.807, 2.05) is 0 Å². The summed E-state index contributed by atoms with van der Waals surface area (Å²) in [6.07, 6.45) is -0.256. The minimum absolute atomic E-state index is 0.0693. The number of amides is 1. The zero-order valence-electron chi connectivity index (χ0n) is 23.3. The molecule has 5 rings (SSSR count). The number of anilines is 1. The number of likely N-dealkylation sites (N-methyl/N-ethyl adjacent to an activating group) is 1. The van der Waals surface area contributed by atoms with Gasteiger partial charge >= 0.3 is 0 Å². The van der Waals surface area contributed by atoms with Crippen LogP contribution in [-0.2, 0) is 32.1 Å². The summed E-state index contributed by atoms with van der Waals surface area (Å²) in [5, 5.41) is 22.7. The molecule has 0 radical (unpaired) electrons. The highest BCUT2D eigenvalue weighted by Crippen LogP contribution is 2.52. The number of carbonyl (C=O) groups is 5. The number of phenols is 1. The molecule has 1 heterocycles. The molecule has 0 bridgehead atoms. The Labute approximate surface area is 235 Å². The minimum atomic E-state index is -2.82. The highest BCUT2D eigenvalue weighted by Gasteiger charge is 2.69. The third-order valence-corrected chi connectivity index (χ3v) is 9.20. The Morgan fingerprint density at radius 3 is 2.34 bits per heavy atom. The fourth-order valence-corrected chi connectivity index (χ4v) is 7.59. The number of hydrogen-bond donors (Lipinski definition) is 3. The van der Waals surface area contributed by atoms with Crippen LogP contribution in [0.25, 0.3) is 0 Å². The van der Waals surface area contributed by atoms with Gasteiger partial charge in [-0.1, -0.05) is 0 Å². The molecule has 11 nitrogen and oxygen atoms in total. The van der Waals surface area contributed by atoms with Crippen molar-refractivity contribution in [3.63, 3.8) is 0 Å². The number of nitrogens with two attached hydrogens (primary N) is 1. The van der Waals surface area contributed by atoms with Crippen molar-refractivity contribution < 1.29 is 43.0 Å². The fraction of sp³-hybridized carbons (Fsp3) is 0.607. The monoisotopic (exact) mass is 576 g/mol. The van der Waals surface area contributed by atoms with E-state index in [0.29, 0.717) is 16.8 Å². The number of aromatic hydroxyl groups is 1. The molecule has 6 atom stereocenters. The van der Waals surface area contributed by atoms with Gasteiger partial charge in [-0.2, -0.15) is 0 Å². The summed E-state index contributed by atoms with van der Waals surface area (Å²) >= 11 is 0. The topological polar surface area (TPSA) is 162 Å². The summed E-state index contributed by atoms with van der Waals surface area (Å²) in [7, 11) is 6.48. The van der Waals surface area contributed by atoms with E-state index in [-0.39, 0.29) is 37.9 Å². The number of likely N-dealkylation sites (tertiary alicyclic amines) is 1. The summed E-state index contributed by atoms with van der Waals surface area (Å²) in [6, 6.07) is 0.144. The van der Waals surface area contributed by atoms with Gasteiger partial charge < -0.3 is 20.8 Å². The average Bonchev–Trinajstić information content (AvgIpc) is 3.18.